The Balaban J connectivity index is 2.51. The van der Waals surface area contributed by atoms with Gasteiger partial charge in [0.05, 0.1) is 18.2 Å². The third kappa shape index (κ3) is 2.35. The zero-order valence-corrected chi connectivity index (χ0v) is 9.77. The van der Waals surface area contributed by atoms with Gasteiger partial charge in [-0.05, 0) is 18.2 Å². The second kappa shape index (κ2) is 4.81. The average Bonchev–Trinajstić information content (AvgIpc) is 2.39. The molecule has 0 fully saturated rings. The molecule has 0 saturated carbocycles. The van der Waals surface area contributed by atoms with Crippen LogP contribution < -0.4 is 4.74 Å². The predicted octanol–water partition coefficient (Wildman–Crippen LogP) is 2.68. The number of hydrogen-bond acceptors (Lipinski definition) is 4. The minimum atomic E-state index is 0.412. The lowest BCUT2D eigenvalue weighted by Gasteiger charge is -2.07. The maximum Gasteiger partial charge on any atom is 0.163 e. The number of methoxy groups -OCH3 is 1. The Hall–Kier alpha value is -2.12. The molecule has 4 nitrogen and oxygen atoms in total. The highest BCUT2D eigenvalue weighted by atomic mass is 35.5. The molecule has 1 aromatic heterocycles. The third-order valence-corrected chi connectivity index (χ3v) is 2.42. The van der Waals surface area contributed by atoms with Crippen molar-refractivity contribution in [3.8, 4) is 23.2 Å². The molecule has 2 aromatic rings. The number of nitrogens with zero attached hydrogens (tertiary/aromatic N) is 3. The normalized spacial score (nSPS) is 9.71. The number of aromatic nitrogens is 2. The molecule has 0 radical (unpaired) electrons. The number of nitriles is 1. The maximum atomic E-state index is 8.67. The Morgan fingerprint density at radius 3 is 2.59 bits per heavy atom. The first-order valence-electron chi connectivity index (χ1n) is 4.80. The largest absolute Gasteiger partial charge is 0.496 e. The summed E-state index contributed by atoms with van der Waals surface area (Å²) in [6.07, 6.45) is 2.92. The lowest BCUT2D eigenvalue weighted by Crippen LogP contribution is -1.93. The molecule has 0 saturated heterocycles. The van der Waals surface area contributed by atoms with Crippen LogP contribution in [0.15, 0.2) is 30.6 Å². The van der Waals surface area contributed by atoms with E-state index in [0.29, 0.717) is 27.7 Å². The molecule has 17 heavy (non-hydrogen) atoms. The van der Waals surface area contributed by atoms with Crippen molar-refractivity contribution in [3.05, 3.63) is 41.2 Å². The molecule has 0 aliphatic heterocycles. The van der Waals surface area contributed by atoms with Gasteiger partial charge in [-0.25, -0.2) is 9.97 Å². The molecule has 0 bridgehead atoms. The number of ether oxygens (including phenoxy) is 1. The SMILES string of the molecule is COc1ccc(Cl)cc1-c1ncc(C#N)cn1. The van der Waals surface area contributed by atoms with Crippen LogP contribution in [0.2, 0.25) is 5.02 Å². The van der Waals surface area contributed by atoms with E-state index in [1.807, 2.05) is 6.07 Å². The van der Waals surface area contributed by atoms with Gasteiger partial charge in [0.1, 0.15) is 11.8 Å². The van der Waals surface area contributed by atoms with Gasteiger partial charge in [-0.15, -0.1) is 0 Å². The second-order valence-corrected chi connectivity index (χ2v) is 3.69. The van der Waals surface area contributed by atoms with E-state index in [9.17, 15) is 0 Å². The van der Waals surface area contributed by atoms with Gasteiger partial charge in [0.25, 0.3) is 0 Å². The van der Waals surface area contributed by atoms with Crippen LogP contribution in [0, 0.1) is 11.3 Å². The van der Waals surface area contributed by atoms with Crippen molar-refractivity contribution in [2.45, 2.75) is 0 Å². The molecule has 2 rings (SSSR count). The number of benzene rings is 1. The molecule has 0 spiro atoms. The van der Waals surface area contributed by atoms with Crippen LogP contribution in [0.1, 0.15) is 5.56 Å². The first-order valence-corrected chi connectivity index (χ1v) is 5.18. The van der Waals surface area contributed by atoms with Crippen LogP contribution in [-0.4, -0.2) is 17.1 Å². The summed E-state index contributed by atoms with van der Waals surface area (Å²) >= 11 is 5.92. The summed E-state index contributed by atoms with van der Waals surface area (Å²) in [6.45, 7) is 0. The van der Waals surface area contributed by atoms with Crippen molar-refractivity contribution in [1.82, 2.24) is 9.97 Å². The smallest absolute Gasteiger partial charge is 0.163 e. The van der Waals surface area contributed by atoms with Crippen molar-refractivity contribution in [2.75, 3.05) is 7.11 Å². The van der Waals surface area contributed by atoms with Crippen LogP contribution >= 0.6 is 11.6 Å². The van der Waals surface area contributed by atoms with Gasteiger partial charge in [0.2, 0.25) is 0 Å². The van der Waals surface area contributed by atoms with E-state index in [4.69, 9.17) is 21.6 Å². The third-order valence-electron chi connectivity index (χ3n) is 2.18. The molecule has 0 atom stereocenters. The van der Waals surface area contributed by atoms with Crippen molar-refractivity contribution in [3.63, 3.8) is 0 Å². The molecule has 5 heteroatoms. The van der Waals surface area contributed by atoms with E-state index < -0.39 is 0 Å². The highest BCUT2D eigenvalue weighted by Crippen LogP contribution is 2.29. The van der Waals surface area contributed by atoms with E-state index >= 15 is 0 Å². The molecule has 0 amide bonds. The molecule has 1 heterocycles. The van der Waals surface area contributed by atoms with Gasteiger partial charge in [-0.1, -0.05) is 11.6 Å². The topological polar surface area (TPSA) is 58.8 Å². The lowest BCUT2D eigenvalue weighted by molar-refractivity contribution is 0.416. The van der Waals surface area contributed by atoms with E-state index in [0.717, 1.165) is 0 Å². The standard InChI is InChI=1S/C12H8ClN3O/c1-17-11-3-2-9(13)4-10(11)12-15-6-8(5-14)7-16-12/h2-4,6-7H,1H3. The summed E-state index contributed by atoms with van der Waals surface area (Å²) in [5.41, 5.74) is 1.11. The van der Waals surface area contributed by atoms with Gasteiger partial charge < -0.3 is 4.74 Å². The van der Waals surface area contributed by atoms with E-state index in [2.05, 4.69) is 9.97 Å². The molecular weight excluding hydrogens is 238 g/mol. The number of rotatable bonds is 2. The quantitative estimate of drug-likeness (QED) is 0.816. The van der Waals surface area contributed by atoms with Crippen LogP contribution in [0.25, 0.3) is 11.4 Å². The molecule has 0 aliphatic carbocycles. The summed E-state index contributed by atoms with van der Waals surface area (Å²) in [5.74, 6) is 1.11. The predicted molar refractivity (Wildman–Crippen MR) is 63.7 cm³/mol. The highest BCUT2D eigenvalue weighted by molar-refractivity contribution is 6.30. The first kappa shape index (κ1) is 11.4. The minimum absolute atomic E-state index is 0.412. The first-order chi connectivity index (χ1) is 8.24. The maximum absolute atomic E-state index is 8.67. The van der Waals surface area contributed by atoms with Gasteiger partial charge in [0, 0.05) is 17.4 Å². The highest BCUT2D eigenvalue weighted by Gasteiger charge is 2.09. The summed E-state index contributed by atoms with van der Waals surface area (Å²) in [4.78, 5) is 8.19. The fourth-order valence-electron chi connectivity index (χ4n) is 1.38. The zero-order chi connectivity index (χ0) is 12.3. The average molecular weight is 246 g/mol. The van der Waals surface area contributed by atoms with Crippen LogP contribution in [0.3, 0.4) is 0 Å². The monoisotopic (exact) mass is 245 g/mol. The zero-order valence-electron chi connectivity index (χ0n) is 9.01. The van der Waals surface area contributed by atoms with Gasteiger partial charge in [0.15, 0.2) is 5.82 Å². The molecule has 0 aliphatic rings. The number of hydrogen-bond donors (Lipinski definition) is 0. The van der Waals surface area contributed by atoms with E-state index in [1.54, 1.807) is 25.3 Å². The van der Waals surface area contributed by atoms with E-state index in [-0.39, 0.29) is 0 Å². The van der Waals surface area contributed by atoms with Gasteiger partial charge in [-0.2, -0.15) is 5.26 Å². The molecule has 1 aromatic carbocycles. The fourth-order valence-corrected chi connectivity index (χ4v) is 1.55. The van der Waals surface area contributed by atoms with Gasteiger partial charge in [-0.3, -0.25) is 0 Å². The van der Waals surface area contributed by atoms with Crippen LogP contribution in [0.4, 0.5) is 0 Å². The van der Waals surface area contributed by atoms with Gasteiger partial charge >= 0.3 is 0 Å². The van der Waals surface area contributed by atoms with Crippen LogP contribution in [0.5, 0.6) is 5.75 Å². The molecule has 84 valence electrons. The fraction of sp³-hybridized carbons (Fsp3) is 0.0833. The summed E-state index contributed by atoms with van der Waals surface area (Å²) in [7, 11) is 1.57. The molecular formula is C12H8ClN3O. The van der Waals surface area contributed by atoms with Crippen molar-refractivity contribution in [2.24, 2.45) is 0 Å². The Morgan fingerprint density at radius 2 is 2.00 bits per heavy atom. The molecule has 0 unspecified atom stereocenters. The lowest BCUT2D eigenvalue weighted by atomic mass is 10.2. The number of halogens is 1. The Labute approximate surface area is 103 Å². The van der Waals surface area contributed by atoms with Crippen molar-refractivity contribution < 1.29 is 4.74 Å². The Morgan fingerprint density at radius 1 is 1.29 bits per heavy atom. The second-order valence-electron chi connectivity index (χ2n) is 3.25. The van der Waals surface area contributed by atoms with E-state index in [1.165, 1.54) is 12.4 Å². The summed E-state index contributed by atoms with van der Waals surface area (Å²) in [6, 6.07) is 7.17. The summed E-state index contributed by atoms with van der Waals surface area (Å²) in [5, 5.41) is 9.25. The van der Waals surface area contributed by atoms with Crippen molar-refractivity contribution in [1.29, 1.82) is 5.26 Å². The Kier molecular flexibility index (Phi) is 3.22. The van der Waals surface area contributed by atoms with Crippen LogP contribution in [-0.2, 0) is 0 Å². The minimum Gasteiger partial charge on any atom is -0.496 e. The Bertz CT molecular complexity index is 575. The summed E-state index contributed by atoms with van der Waals surface area (Å²) < 4.78 is 5.21. The van der Waals surface area contributed by atoms with Crippen molar-refractivity contribution >= 4 is 11.6 Å². The molecule has 0 N–H and O–H groups in total.